The molecule has 140 valence electrons. The number of anilines is 2. The number of phenolic OH excluding ortho intramolecular Hbond substituents is 1. The van der Waals surface area contributed by atoms with E-state index in [0.717, 1.165) is 34.3 Å². The molecular formula is C22H20N4O2. The van der Waals surface area contributed by atoms with E-state index in [-0.39, 0.29) is 5.75 Å². The van der Waals surface area contributed by atoms with Gasteiger partial charge >= 0.3 is 0 Å². The number of rotatable bonds is 6. The number of aromatic nitrogens is 3. The molecule has 0 bridgehead atoms. The summed E-state index contributed by atoms with van der Waals surface area (Å²) < 4.78 is 5.77. The van der Waals surface area contributed by atoms with Crippen molar-refractivity contribution >= 4 is 22.4 Å². The van der Waals surface area contributed by atoms with E-state index >= 15 is 0 Å². The van der Waals surface area contributed by atoms with Gasteiger partial charge in [-0.05, 0) is 48.9 Å². The molecule has 2 N–H and O–H groups in total. The molecule has 28 heavy (non-hydrogen) atoms. The van der Waals surface area contributed by atoms with E-state index in [2.05, 4.69) is 17.2 Å². The Morgan fingerprint density at radius 1 is 1.04 bits per heavy atom. The molecule has 0 unspecified atom stereocenters. The fourth-order valence-electron chi connectivity index (χ4n) is 2.86. The number of benzene rings is 2. The van der Waals surface area contributed by atoms with Crippen LogP contribution in [0.1, 0.15) is 13.3 Å². The quantitative estimate of drug-likeness (QED) is 0.499. The Balaban J connectivity index is 1.83. The third kappa shape index (κ3) is 3.86. The standard InChI is InChI=1S/C22H20N4O2/c1-2-11-28-18-8-9-20-19(13-18)22(24-16-6-3-7-17(27)12-16)26-21(25-20)15-5-4-10-23-14-15/h3-10,12-14,27H,2,11H2,1H3,(H,24,25,26). The van der Waals surface area contributed by atoms with Gasteiger partial charge < -0.3 is 15.2 Å². The SMILES string of the molecule is CCCOc1ccc2nc(-c3cccnc3)nc(Nc3cccc(O)c3)c2c1. The van der Waals surface area contributed by atoms with Crippen LogP contribution in [-0.2, 0) is 0 Å². The summed E-state index contributed by atoms with van der Waals surface area (Å²) in [7, 11) is 0. The van der Waals surface area contributed by atoms with Crippen molar-refractivity contribution in [2.45, 2.75) is 13.3 Å². The lowest BCUT2D eigenvalue weighted by Gasteiger charge is -2.13. The Morgan fingerprint density at radius 3 is 2.75 bits per heavy atom. The van der Waals surface area contributed by atoms with Crippen LogP contribution >= 0.6 is 0 Å². The van der Waals surface area contributed by atoms with Gasteiger partial charge in [0.2, 0.25) is 0 Å². The van der Waals surface area contributed by atoms with Gasteiger partial charge in [-0.25, -0.2) is 9.97 Å². The topological polar surface area (TPSA) is 80.2 Å². The highest BCUT2D eigenvalue weighted by Crippen LogP contribution is 2.30. The van der Waals surface area contributed by atoms with E-state index in [1.54, 1.807) is 30.6 Å². The first-order chi connectivity index (χ1) is 13.7. The lowest BCUT2D eigenvalue weighted by Crippen LogP contribution is -2.01. The maximum Gasteiger partial charge on any atom is 0.163 e. The molecule has 0 spiro atoms. The minimum atomic E-state index is 0.183. The normalized spacial score (nSPS) is 10.8. The maximum absolute atomic E-state index is 9.78. The number of pyridine rings is 1. The van der Waals surface area contributed by atoms with Crippen LogP contribution in [0.25, 0.3) is 22.3 Å². The Bertz CT molecular complexity index is 1100. The molecule has 0 amide bonds. The summed E-state index contributed by atoms with van der Waals surface area (Å²) in [6, 6.07) is 16.5. The second-order valence-corrected chi connectivity index (χ2v) is 6.34. The third-order valence-electron chi connectivity index (χ3n) is 4.17. The Hall–Kier alpha value is -3.67. The van der Waals surface area contributed by atoms with Gasteiger partial charge in [0.15, 0.2) is 5.82 Å². The largest absolute Gasteiger partial charge is 0.508 e. The van der Waals surface area contributed by atoms with E-state index in [9.17, 15) is 5.11 Å². The fourth-order valence-corrected chi connectivity index (χ4v) is 2.86. The Kier molecular flexibility index (Phi) is 5.01. The number of hydrogen-bond donors (Lipinski definition) is 2. The maximum atomic E-state index is 9.78. The number of aromatic hydroxyl groups is 1. The number of nitrogens with zero attached hydrogens (tertiary/aromatic N) is 3. The van der Waals surface area contributed by atoms with Gasteiger partial charge in [0.05, 0.1) is 12.1 Å². The highest BCUT2D eigenvalue weighted by Gasteiger charge is 2.12. The number of ether oxygens (including phenoxy) is 1. The van der Waals surface area contributed by atoms with Crippen molar-refractivity contribution < 1.29 is 9.84 Å². The molecule has 0 saturated heterocycles. The van der Waals surface area contributed by atoms with E-state index in [1.165, 1.54) is 0 Å². The first kappa shape index (κ1) is 17.7. The zero-order valence-corrected chi connectivity index (χ0v) is 15.5. The summed E-state index contributed by atoms with van der Waals surface area (Å²) in [4.78, 5) is 13.6. The molecule has 0 aliphatic carbocycles. The van der Waals surface area contributed by atoms with Crippen molar-refractivity contribution in [2.75, 3.05) is 11.9 Å². The molecule has 0 radical (unpaired) electrons. The molecule has 2 aromatic carbocycles. The predicted octanol–water partition coefficient (Wildman–Crippen LogP) is 4.93. The summed E-state index contributed by atoms with van der Waals surface area (Å²) in [6.07, 6.45) is 4.38. The summed E-state index contributed by atoms with van der Waals surface area (Å²) >= 11 is 0. The van der Waals surface area contributed by atoms with Gasteiger partial charge in [-0.1, -0.05) is 13.0 Å². The highest BCUT2D eigenvalue weighted by molar-refractivity contribution is 5.93. The third-order valence-corrected chi connectivity index (χ3v) is 4.17. The molecule has 2 aromatic heterocycles. The van der Waals surface area contributed by atoms with Gasteiger partial charge in [-0.2, -0.15) is 0 Å². The molecular weight excluding hydrogens is 352 g/mol. The summed E-state index contributed by atoms with van der Waals surface area (Å²) in [5.41, 5.74) is 2.35. The Morgan fingerprint density at radius 2 is 1.96 bits per heavy atom. The summed E-state index contributed by atoms with van der Waals surface area (Å²) in [5.74, 6) is 2.16. The van der Waals surface area contributed by atoms with Gasteiger partial charge in [0.1, 0.15) is 17.3 Å². The van der Waals surface area contributed by atoms with Crippen LogP contribution < -0.4 is 10.1 Å². The number of fused-ring (bicyclic) bond motifs is 1. The molecule has 0 aliphatic rings. The van der Waals surface area contributed by atoms with Crippen LogP contribution in [0, 0.1) is 0 Å². The first-order valence-electron chi connectivity index (χ1n) is 9.14. The smallest absolute Gasteiger partial charge is 0.163 e. The van der Waals surface area contributed by atoms with Crippen LogP contribution in [0.15, 0.2) is 67.0 Å². The fraction of sp³-hybridized carbons (Fsp3) is 0.136. The zero-order valence-electron chi connectivity index (χ0n) is 15.5. The van der Waals surface area contributed by atoms with Crippen LogP contribution in [0.4, 0.5) is 11.5 Å². The monoisotopic (exact) mass is 372 g/mol. The molecule has 0 saturated carbocycles. The van der Waals surface area contributed by atoms with Crippen molar-refractivity contribution in [2.24, 2.45) is 0 Å². The lowest BCUT2D eigenvalue weighted by atomic mass is 10.2. The van der Waals surface area contributed by atoms with E-state index in [0.29, 0.717) is 18.2 Å². The molecule has 2 heterocycles. The van der Waals surface area contributed by atoms with Crippen molar-refractivity contribution in [1.82, 2.24) is 15.0 Å². The molecule has 0 fully saturated rings. The van der Waals surface area contributed by atoms with Crippen molar-refractivity contribution in [3.05, 3.63) is 67.0 Å². The molecule has 6 nitrogen and oxygen atoms in total. The van der Waals surface area contributed by atoms with Crippen LogP contribution in [-0.4, -0.2) is 26.7 Å². The second kappa shape index (κ2) is 7.92. The zero-order chi connectivity index (χ0) is 19.3. The summed E-state index contributed by atoms with van der Waals surface area (Å²) in [5, 5.41) is 13.9. The predicted molar refractivity (Wildman–Crippen MR) is 110 cm³/mol. The molecule has 0 atom stereocenters. The van der Waals surface area contributed by atoms with Gasteiger partial charge in [0, 0.05) is 35.1 Å². The Labute approximate surface area is 162 Å². The van der Waals surface area contributed by atoms with Crippen LogP contribution in [0.2, 0.25) is 0 Å². The first-order valence-corrected chi connectivity index (χ1v) is 9.14. The average Bonchev–Trinajstić information content (AvgIpc) is 2.73. The number of hydrogen-bond acceptors (Lipinski definition) is 6. The summed E-state index contributed by atoms with van der Waals surface area (Å²) in [6.45, 7) is 2.72. The van der Waals surface area contributed by atoms with Crippen molar-refractivity contribution in [3.63, 3.8) is 0 Å². The second-order valence-electron chi connectivity index (χ2n) is 6.34. The molecule has 0 aliphatic heterocycles. The molecule has 4 rings (SSSR count). The van der Waals surface area contributed by atoms with Gasteiger partial charge in [-0.3, -0.25) is 4.98 Å². The average molecular weight is 372 g/mol. The molecule has 4 aromatic rings. The highest BCUT2D eigenvalue weighted by atomic mass is 16.5. The van der Waals surface area contributed by atoms with Gasteiger partial charge in [-0.15, -0.1) is 0 Å². The lowest BCUT2D eigenvalue weighted by molar-refractivity contribution is 0.318. The van der Waals surface area contributed by atoms with E-state index in [4.69, 9.17) is 14.7 Å². The van der Waals surface area contributed by atoms with Crippen LogP contribution in [0.5, 0.6) is 11.5 Å². The van der Waals surface area contributed by atoms with E-state index < -0.39 is 0 Å². The van der Waals surface area contributed by atoms with Crippen LogP contribution in [0.3, 0.4) is 0 Å². The number of phenols is 1. The van der Waals surface area contributed by atoms with Crippen molar-refractivity contribution in [1.29, 1.82) is 0 Å². The minimum absolute atomic E-state index is 0.183. The molecule has 6 heteroatoms. The minimum Gasteiger partial charge on any atom is -0.508 e. The number of nitrogens with one attached hydrogen (secondary N) is 1. The van der Waals surface area contributed by atoms with E-state index in [1.807, 2.05) is 36.4 Å². The van der Waals surface area contributed by atoms with Crippen molar-refractivity contribution in [3.8, 4) is 22.9 Å². The van der Waals surface area contributed by atoms with Gasteiger partial charge in [0.25, 0.3) is 0 Å².